The maximum absolute atomic E-state index is 3.70. The van der Waals surface area contributed by atoms with Crippen LogP contribution in [0.3, 0.4) is 0 Å². The number of nitrogens with one attached hydrogen (secondary N) is 1. The number of rotatable bonds is 5. The average molecular weight is 240 g/mol. The molecule has 1 saturated heterocycles. The second kappa shape index (κ2) is 6.19. The molecule has 102 valence electrons. The van der Waals surface area contributed by atoms with Crippen LogP contribution in [0, 0.1) is 11.8 Å². The fourth-order valence-corrected chi connectivity index (χ4v) is 2.75. The van der Waals surface area contributed by atoms with Gasteiger partial charge < -0.3 is 5.32 Å². The summed E-state index contributed by atoms with van der Waals surface area (Å²) >= 11 is 0. The summed E-state index contributed by atoms with van der Waals surface area (Å²) in [6, 6.07) is 0.724. The van der Waals surface area contributed by atoms with Gasteiger partial charge in [0.05, 0.1) is 0 Å². The summed E-state index contributed by atoms with van der Waals surface area (Å²) in [6.07, 6.45) is 2.57. The molecule has 0 amide bonds. The minimum atomic E-state index is 0.275. The Balaban J connectivity index is 2.68. The lowest BCUT2D eigenvalue weighted by Crippen LogP contribution is -2.63. The molecule has 2 nitrogen and oxygen atoms in total. The van der Waals surface area contributed by atoms with Gasteiger partial charge in [-0.25, -0.2) is 0 Å². The minimum Gasteiger partial charge on any atom is -0.309 e. The third-order valence-corrected chi connectivity index (χ3v) is 4.40. The van der Waals surface area contributed by atoms with Crippen molar-refractivity contribution in [3.63, 3.8) is 0 Å². The van der Waals surface area contributed by atoms with Gasteiger partial charge in [0, 0.05) is 31.2 Å². The van der Waals surface area contributed by atoms with Gasteiger partial charge in [-0.3, -0.25) is 4.90 Å². The van der Waals surface area contributed by atoms with Crippen LogP contribution in [0.15, 0.2) is 0 Å². The fraction of sp³-hybridized carbons (Fsp3) is 1.00. The molecule has 1 aliphatic rings. The van der Waals surface area contributed by atoms with E-state index in [0.29, 0.717) is 0 Å². The van der Waals surface area contributed by atoms with Crippen molar-refractivity contribution in [3.8, 4) is 0 Å². The van der Waals surface area contributed by atoms with Crippen LogP contribution in [-0.2, 0) is 0 Å². The standard InChI is InChI=1S/C15H32N2/c1-7-12(3)10-17-11-15(5,6)16-9-14(17)13(4)8-2/h12-14,16H,7-11H2,1-6H3. The van der Waals surface area contributed by atoms with E-state index in [9.17, 15) is 0 Å². The monoisotopic (exact) mass is 240 g/mol. The van der Waals surface area contributed by atoms with Crippen molar-refractivity contribution >= 4 is 0 Å². The van der Waals surface area contributed by atoms with E-state index in [0.717, 1.165) is 24.4 Å². The van der Waals surface area contributed by atoms with E-state index in [4.69, 9.17) is 0 Å². The van der Waals surface area contributed by atoms with Crippen molar-refractivity contribution in [2.24, 2.45) is 11.8 Å². The molecule has 1 heterocycles. The molecule has 0 bridgehead atoms. The van der Waals surface area contributed by atoms with E-state index >= 15 is 0 Å². The van der Waals surface area contributed by atoms with E-state index in [1.54, 1.807) is 0 Å². The zero-order valence-electron chi connectivity index (χ0n) is 12.7. The molecular formula is C15H32N2. The quantitative estimate of drug-likeness (QED) is 0.794. The molecule has 0 saturated carbocycles. The summed E-state index contributed by atoms with van der Waals surface area (Å²) in [6.45, 7) is 17.6. The van der Waals surface area contributed by atoms with Crippen molar-refractivity contribution in [2.45, 2.75) is 66.0 Å². The molecule has 0 radical (unpaired) electrons. The van der Waals surface area contributed by atoms with Crippen LogP contribution in [0.4, 0.5) is 0 Å². The van der Waals surface area contributed by atoms with Crippen molar-refractivity contribution in [1.82, 2.24) is 10.2 Å². The SMILES string of the molecule is CCC(C)CN1CC(C)(C)NCC1C(C)CC. The van der Waals surface area contributed by atoms with Gasteiger partial charge in [0.1, 0.15) is 0 Å². The van der Waals surface area contributed by atoms with Gasteiger partial charge in [-0.15, -0.1) is 0 Å². The number of hydrogen-bond donors (Lipinski definition) is 1. The van der Waals surface area contributed by atoms with Crippen LogP contribution in [-0.4, -0.2) is 36.1 Å². The van der Waals surface area contributed by atoms with E-state index in [1.165, 1.54) is 25.9 Å². The van der Waals surface area contributed by atoms with Gasteiger partial charge in [0.15, 0.2) is 0 Å². The smallest absolute Gasteiger partial charge is 0.0252 e. The van der Waals surface area contributed by atoms with E-state index in [-0.39, 0.29) is 5.54 Å². The largest absolute Gasteiger partial charge is 0.309 e. The number of nitrogens with zero attached hydrogens (tertiary/aromatic N) is 1. The maximum Gasteiger partial charge on any atom is 0.0252 e. The highest BCUT2D eigenvalue weighted by atomic mass is 15.3. The van der Waals surface area contributed by atoms with Crippen molar-refractivity contribution in [2.75, 3.05) is 19.6 Å². The van der Waals surface area contributed by atoms with E-state index < -0.39 is 0 Å². The van der Waals surface area contributed by atoms with Crippen molar-refractivity contribution in [3.05, 3.63) is 0 Å². The Kier molecular flexibility index (Phi) is 5.46. The topological polar surface area (TPSA) is 15.3 Å². The van der Waals surface area contributed by atoms with Gasteiger partial charge >= 0.3 is 0 Å². The summed E-state index contributed by atoms with van der Waals surface area (Å²) in [5, 5.41) is 3.70. The third-order valence-electron chi connectivity index (χ3n) is 4.40. The summed E-state index contributed by atoms with van der Waals surface area (Å²) in [7, 11) is 0. The Morgan fingerprint density at radius 1 is 1.24 bits per heavy atom. The Morgan fingerprint density at radius 2 is 1.88 bits per heavy atom. The van der Waals surface area contributed by atoms with E-state index in [2.05, 4.69) is 51.8 Å². The van der Waals surface area contributed by atoms with Crippen LogP contribution < -0.4 is 5.32 Å². The predicted molar refractivity (Wildman–Crippen MR) is 76.4 cm³/mol. The van der Waals surface area contributed by atoms with Crippen molar-refractivity contribution in [1.29, 1.82) is 0 Å². The molecule has 1 fully saturated rings. The average Bonchev–Trinajstić information content (AvgIpc) is 2.27. The molecule has 2 heteroatoms. The molecule has 1 rings (SSSR count). The van der Waals surface area contributed by atoms with Crippen LogP contribution in [0.2, 0.25) is 0 Å². The maximum atomic E-state index is 3.70. The summed E-state index contributed by atoms with van der Waals surface area (Å²) < 4.78 is 0. The minimum absolute atomic E-state index is 0.275. The lowest BCUT2D eigenvalue weighted by molar-refractivity contribution is 0.0517. The highest BCUT2D eigenvalue weighted by Crippen LogP contribution is 2.23. The second-order valence-corrected chi connectivity index (χ2v) is 6.66. The predicted octanol–water partition coefficient (Wildman–Crippen LogP) is 3.13. The Labute approximate surface area is 108 Å². The van der Waals surface area contributed by atoms with Gasteiger partial charge in [0.2, 0.25) is 0 Å². The highest BCUT2D eigenvalue weighted by Gasteiger charge is 2.34. The van der Waals surface area contributed by atoms with Crippen LogP contribution in [0.1, 0.15) is 54.4 Å². The lowest BCUT2D eigenvalue weighted by atomic mass is 9.89. The first kappa shape index (κ1) is 15.0. The molecule has 0 aromatic rings. The van der Waals surface area contributed by atoms with Gasteiger partial charge in [-0.05, 0) is 25.7 Å². The Bertz CT molecular complexity index is 225. The molecule has 3 unspecified atom stereocenters. The number of hydrogen-bond acceptors (Lipinski definition) is 2. The molecule has 3 atom stereocenters. The Morgan fingerprint density at radius 3 is 2.41 bits per heavy atom. The first-order valence-corrected chi connectivity index (χ1v) is 7.38. The fourth-order valence-electron chi connectivity index (χ4n) is 2.75. The van der Waals surface area contributed by atoms with Crippen LogP contribution in [0.25, 0.3) is 0 Å². The molecule has 0 aliphatic carbocycles. The normalized spacial score (nSPS) is 28.9. The van der Waals surface area contributed by atoms with Crippen LogP contribution in [0.5, 0.6) is 0 Å². The highest BCUT2D eigenvalue weighted by molar-refractivity contribution is 4.94. The molecule has 0 aromatic heterocycles. The molecular weight excluding hydrogens is 208 g/mol. The summed E-state index contributed by atoms with van der Waals surface area (Å²) in [5.41, 5.74) is 0.275. The summed E-state index contributed by atoms with van der Waals surface area (Å²) in [4.78, 5) is 2.73. The van der Waals surface area contributed by atoms with Gasteiger partial charge in [0.25, 0.3) is 0 Å². The van der Waals surface area contributed by atoms with Gasteiger partial charge in [-0.1, -0.05) is 40.5 Å². The zero-order chi connectivity index (χ0) is 13.1. The first-order chi connectivity index (χ1) is 7.89. The summed E-state index contributed by atoms with van der Waals surface area (Å²) in [5.74, 6) is 1.61. The molecule has 1 aliphatic heterocycles. The lowest BCUT2D eigenvalue weighted by Gasteiger charge is -2.47. The Hall–Kier alpha value is -0.0800. The van der Waals surface area contributed by atoms with Crippen LogP contribution >= 0.6 is 0 Å². The van der Waals surface area contributed by atoms with Gasteiger partial charge in [-0.2, -0.15) is 0 Å². The molecule has 0 aromatic carbocycles. The zero-order valence-corrected chi connectivity index (χ0v) is 12.7. The molecule has 1 N–H and O–H groups in total. The second-order valence-electron chi connectivity index (χ2n) is 6.66. The first-order valence-electron chi connectivity index (χ1n) is 7.38. The molecule has 0 spiro atoms. The number of piperazine rings is 1. The van der Waals surface area contributed by atoms with E-state index in [1.807, 2.05) is 0 Å². The third kappa shape index (κ3) is 4.26. The molecule has 17 heavy (non-hydrogen) atoms. The van der Waals surface area contributed by atoms with Crippen molar-refractivity contribution < 1.29 is 0 Å².